The predicted molar refractivity (Wildman–Crippen MR) is 105 cm³/mol. The zero-order valence-electron chi connectivity index (χ0n) is 15.7. The van der Waals surface area contributed by atoms with Crippen molar-refractivity contribution >= 4 is 17.4 Å². The second-order valence-corrected chi connectivity index (χ2v) is 6.51. The number of amides is 1. The Labute approximate surface area is 164 Å². The molecule has 0 fully saturated rings. The van der Waals surface area contributed by atoms with Crippen LogP contribution in [-0.2, 0) is 22.6 Å². The van der Waals surface area contributed by atoms with E-state index in [0.29, 0.717) is 12.8 Å². The molecule has 0 aromatic heterocycles. The lowest BCUT2D eigenvalue weighted by molar-refractivity contribution is -0.136. The van der Waals surface area contributed by atoms with Crippen molar-refractivity contribution in [2.45, 2.75) is 38.6 Å². The van der Waals surface area contributed by atoms with Crippen LogP contribution in [0, 0.1) is 0 Å². The zero-order chi connectivity index (χ0) is 20.5. The van der Waals surface area contributed by atoms with E-state index < -0.39 is 29.7 Å². The van der Waals surface area contributed by atoms with E-state index in [1.807, 2.05) is 36.4 Å². The summed E-state index contributed by atoms with van der Waals surface area (Å²) < 4.78 is 0. The van der Waals surface area contributed by atoms with E-state index in [-0.39, 0.29) is 6.54 Å². The molecule has 0 heterocycles. The van der Waals surface area contributed by atoms with Crippen LogP contribution in [0.1, 0.15) is 24.5 Å². The number of aliphatic hydroxyl groups is 1. The third-order valence-electron chi connectivity index (χ3n) is 4.42. The van der Waals surface area contributed by atoms with Gasteiger partial charge in [-0.2, -0.15) is 4.79 Å². The fraction of sp³-hybridized carbons (Fsp3) is 0.286. The first-order valence-electron chi connectivity index (χ1n) is 8.99. The molecule has 0 saturated carbocycles. The first-order chi connectivity index (χ1) is 13.4. The molecule has 0 aliphatic rings. The minimum absolute atomic E-state index is 0.0650. The fourth-order valence-corrected chi connectivity index (χ4v) is 2.83. The van der Waals surface area contributed by atoms with Crippen molar-refractivity contribution in [2.75, 3.05) is 0 Å². The molecule has 0 saturated heterocycles. The number of nitrogens with zero attached hydrogens (tertiary/aromatic N) is 3. The molecular weight excluding hydrogens is 356 g/mol. The van der Waals surface area contributed by atoms with Gasteiger partial charge in [0.1, 0.15) is 6.17 Å². The Morgan fingerprint density at radius 2 is 1.61 bits per heavy atom. The van der Waals surface area contributed by atoms with Crippen LogP contribution in [0.2, 0.25) is 0 Å². The van der Waals surface area contributed by atoms with Gasteiger partial charge >= 0.3 is 11.6 Å². The number of nitrogens with two attached hydrogens (primary N) is 1. The van der Waals surface area contributed by atoms with Gasteiger partial charge in [-0.1, -0.05) is 60.7 Å². The molecule has 2 atom stereocenters. The Morgan fingerprint density at radius 3 is 2.11 bits per heavy atom. The Morgan fingerprint density at radius 1 is 1.07 bits per heavy atom. The number of aryl methyl sites for hydroxylation is 1. The SMILES string of the molecule is CC(=O)C(=[N+]=[N-])C(=O)N(Cc1ccccc1)C(N)C(O)CCc1ccccc1. The first kappa shape index (κ1) is 21.2. The van der Waals surface area contributed by atoms with Gasteiger partial charge in [-0.25, -0.2) is 0 Å². The molecule has 1 amide bonds. The number of carbonyl (C=O) groups is 2. The predicted octanol–water partition coefficient (Wildman–Crippen LogP) is 1.55. The maximum Gasteiger partial charge on any atom is 0.421 e. The molecule has 2 aromatic carbocycles. The number of hydrogen-bond donors (Lipinski definition) is 2. The van der Waals surface area contributed by atoms with Crippen molar-refractivity contribution in [1.82, 2.24) is 4.90 Å². The summed E-state index contributed by atoms with van der Waals surface area (Å²) in [7, 11) is 0. The summed E-state index contributed by atoms with van der Waals surface area (Å²) in [5.74, 6) is -1.51. The smallest absolute Gasteiger partial charge is 0.390 e. The third kappa shape index (κ3) is 5.69. The van der Waals surface area contributed by atoms with Crippen molar-refractivity contribution in [2.24, 2.45) is 5.73 Å². The zero-order valence-corrected chi connectivity index (χ0v) is 15.7. The molecule has 0 spiro atoms. The van der Waals surface area contributed by atoms with Crippen LogP contribution >= 0.6 is 0 Å². The van der Waals surface area contributed by atoms with Crippen LogP contribution in [-0.4, -0.2) is 44.5 Å². The van der Waals surface area contributed by atoms with Crippen molar-refractivity contribution < 1.29 is 19.5 Å². The van der Waals surface area contributed by atoms with Gasteiger partial charge in [0.05, 0.1) is 6.10 Å². The number of rotatable bonds is 9. The molecule has 2 aromatic rings. The van der Waals surface area contributed by atoms with Crippen LogP contribution in [0.15, 0.2) is 60.7 Å². The van der Waals surface area contributed by atoms with Gasteiger partial charge in [-0.05, 0) is 24.0 Å². The quantitative estimate of drug-likeness (QED) is 0.225. The molecule has 0 aliphatic heterocycles. The number of benzene rings is 2. The molecule has 0 aliphatic carbocycles. The highest BCUT2D eigenvalue weighted by atomic mass is 16.3. The number of aliphatic hydroxyl groups excluding tert-OH is 1. The summed E-state index contributed by atoms with van der Waals surface area (Å²) in [4.78, 5) is 28.4. The van der Waals surface area contributed by atoms with E-state index in [1.54, 1.807) is 24.3 Å². The van der Waals surface area contributed by atoms with Gasteiger partial charge < -0.3 is 21.3 Å². The third-order valence-corrected chi connectivity index (χ3v) is 4.42. The number of hydrogen-bond acceptors (Lipinski definition) is 4. The lowest BCUT2D eigenvalue weighted by atomic mass is 10.0. The van der Waals surface area contributed by atoms with E-state index >= 15 is 0 Å². The summed E-state index contributed by atoms with van der Waals surface area (Å²) in [5, 5.41) is 10.6. The van der Waals surface area contributed by atoms with Gasteiger partial charge in [-0.15, -0.1) is 0 Å². The molecule has 7 heteroatoms. The molecule has 28 heavy (non-hydrogen) atoms. The minimum atomic E-state index is -1.08. The van der Waals surface area contributed by atoms with Gasteiger partial charge in [0.2, 0.25) is 5.78 Å². The van der Waals surface area contributed by atoms with Gasteiger partial charge in [0.15, 0.2) is 0 Å². The van der Waals surface area contributed by atoms with Crippen molar-refractivity contribution in [1.29, 1.82) is 0 Å². The highest BCUT2D eigenvalue weighted by Crippen LogP contribution is 2.13. The number of Topliss-reactive ketones (excluding diaryl/α,β-unsaturated/α-hetero) is 1. The average molecular weight is 380 g/mol. The van der Waals surface area contributed by atoms with Gasteiger partial charge in [-0.3, -0.25) is 9.59 Å². The van der Waals surface area contributed by atoms with E-state index in [0.717, 1.165) is 23.0 Å². The van der Waals surface area contributed by atoms with E-state index in [4.69, 9.17) is 11.3 Å². The van der Waals surface area contributed by atoms with Crippen molar-refractivity contribution in [3.63, 3.8) is 0 Å². The second-order valence-electron chi connectivity index (χ2n) is 6.51. The minimum Gasteiger partial charge on any atom is -0.390 e. The maximum absolute atomic E-state index is 12.8. The number of ketones is 1. The Hall–Kier alpha value is -3.12. The van der Waals surface area contributed by atoms with Crippen LogP contribution in [0.3, 0.4) is 0 Å². The van der Waals surface area contributed by atoms with Crippen LogP contribution in [0.25, 0.3) is 5.53 Å². The molecule has 146 valence electrons. The second kappa shape index (κ2) is 10.3. The molecular formula is C21H24N4O3. The lowest BCUT2D eigenvalue weighted by Crippen LogP contribution is -2.55. The summed E-state index contributed by atoms with van der Waals surface area (Å²) in [5.41, 5.74) is 16.4. The van der Waals surface area contributed by atoms with Crippen molar-refractivity contribution in [3.8, 4) is 0 Å². The standard InChI is InChI=1S/C21H24N4O3/c1-15(26)19(24-23)21(28)25(14-17-10-6-3-7-11-17)20(22)18(27)13-12-16-8-4-2-5-9-16/h2-11,18,20,27H,12-14,22H2,1H3. The largest absolute Gasteiger partial charge is 0.421 e. The molecule has 0 bridgehead atoms. The summed E-state index contributed by atoms with van der Waals surface area (Å²) in [6.07, 6.45) is -1.20. The van der Waals surface area contributed by atoms with E-state index in [1.165, 1.54) is 0 Å². The van der Waals surface area contributed by atoms with Gasteiger partial charge in [0, 0.05) is 13.5 Å². The molecule has 0 radical (unpaired) electrons. The van der Waals surface area contributed by atoms with E-state index in [2.05, 4.69) is 4.79 Å². The van der Waals surface area contributed by atoms with Crippen LogP contribution in [0.5, 0.6) is 0 Å². The van der Waals surface area contributed by atoms with Gasteiger partial charge in [0.25, 0.3) is 0 Å². The Bertz CT molecular complexity index is 848. The fourth-order valence-electron chi connectivity index (χ4n) is 2.83. The highest BCUT2D eigenvalue weighted by molar-refractivity contribution is 6.63. The normalized spacial score (nSPS) is 12.5. The van der Waals surface area contributed by atoms with Crippen molar-refractivity contribution in [3.05, 3.63) is 77.3 Å². The average Bonchev–Trinajstić information content (AvgIpc) is 2.71. The molecule has 3 N–H and O–H groups in total. The van der Waals surface area contributed by atoms with E-state index in [9.17, 15) is 14.7 Å². The highest BCUT2D eigenvalue weighted by Gasteiger charge is 2.36. The summed E-state index contributed by atoms with van der Waals surface area (Å²) in [6, 6.07) is 18.6. The first-order valence-corrected chi connectivity index (χ1v) is 8.99. The molecule has 2 rings (SSSR count). The molecule has 2 unspecified atom stereocenters. The number of carbonyl (C=O) groups excluding carboxylic acids is 2. The Balaban J connectivity index is 2.19. The monoisotopic (exact) mass is 380 g/mol. The lowest BCUT2D eigenvalue weighted by Gasteiger charge is -2.31. The van der Waals surface area contributed by atoms with Crippen LogP contribution < -0.4 is 5.73 Å². The summed E-state index contributed by atoms with van der Waals surface area (Å²) in [6.45, 7) is 1.19. The summed E-state index contributed by atoms with van der Waals surface area (Å²) >= 11 is 0. The topological polar surface area (TPSA) is 120 Å². The maximum atomic E-state index is 12.8. The Kier molecular flexibility index (Phi) is 7.77. The van der Waals surface area contributed by atoms with Crippen LogP contribution in [0.4, 0.5) is 0 Å². The molecule has 7 nitrogen and oxygen atoms in total.